The molecule has 1 aromatic heterocycles. The van der Waals surface area contributed by atoms with Crippen LogP contribution in [0, 0.1) is 0 Å². The summed E-state index contributed by atoms with van der Waals surface area (Å²) in [4.78, 5) is 37.0. The maximum absolute atomic E-state index is 12.0. The number of benzene rings is 1. The highest BCUT2D eigenvalue weighted by molar-refractivity contribution is 7.20. The summed E-state index contributed by atoms with van der Waals surface area (Å²) in [7, 11) is 0. The second-order valence-corrected chi connectivity index (χ2v) is 6.72. The van der Waals surface area contributed by atoms with Gasteiger partial charge < -0.3 is 15.3 Å². The fourth-order valence-electron chi connectivity index (χ4n) is 2.58. The fourth-order valence-corrected chi connectivity index (χ4v) is 3.47. The third-order valence-electron chi connectivity index (χ3n) is 3.92. The molecule has 1 aromatic carbocycles. The van der Waals surface area contributed by atoms with E-state index in [1.165, 1.54) is 11.3 Å². The number of carbonyl (C=O) groups excluding carboxylic acids is 2. The zero-order valence-corrected chi connectivity index (χ0v) is 15.2. The van der Waals surface area contributed by atoms with Gasteiger partial charge in [0.2, 0.25) is 11.8 Å². The highest BCUT2D eigenvalue weighted by Crippen LogP contribution is 2.28. The van der Waals surface area contributed by atoms with E-state index >= 15 is 0 Å². The number of hydrogen-bond acceptors (Lipinski definition) is 4. The monoisotopic (exact) mass is 362 g/mol. The fraction of sp³-hybridized carbons (Fsp3) is 0.389. The molecule has 0 aliphatic carbocycles. The summed E-state index contributed by atoms with van der Waals surface area (Å²) >= 11 is 1.20. The van der Waals surface area contributed by atoms with Crippen molar-refractivity contribution in [3.8, 4) is 0 Å². The minimum atomic E-state index is -0.954. The molecule has 0 atom stereocenters. The van der Waals surface area contributed by atoms with Crippen LogP contribution in [0.25, 0.3) is 10.1 Å². The SMILES string of the molecule is CCN(CC)C(=O)CCCC(=O)Nc1ccc2sc(C(=O)O)cc2c1. The molecule has 0 unspecified atom stereocenters. The number of anilines is 1. The molecule has 0 aliphatic heterocycles. The Bertz CT molecular complexity index is 780. The lowest BCUT2D eigenvalue weighted by atomic mass is 10.2. The van der Waals surface area contributed by atoms with Crippen LogP contribution in [0.5, 0.6) is 0 Å². The van der Waals surface area contributed by atoms with Crippen LogP contribution in [-0.2, 0) is 9.59 Å². The Morgan fingerprint density at radius 2 is 1.84 bits per heavy atom. The molecule has 25 heavy (non-hydrogen) atoms. The van der Waals surface area contributed by atoms with Crippen LogP contribution in [0.3, 0.4) is 0 Å². The van der Waals surface area contributed by atoms with E-state index in [1.54, 1.807) is 29.2 Å². The van der Waals surface area contributed by atoms with Crippen LogP contribution in [0.2, 0.25) is 0 Å². The number of nitrogens with one attached hydrogen (secondary N) is 1. The van der Waals surface area contributed by atoms with Crippen LogP contribution < -0.4 is 5.32 Å². The number of hydrogen-bond donors (Lipinski definition) is 2. The second-order valence-electron chi connectivity index (χ2n) is 5.64. The molecule has 134 valence electrons. The van der Waals surface area contributed by atoms with Gasteiger partial charge in [-0.15, -0.1) is 11.3 Å². The molecule has 0 fully saturated rings. The van der Waals surface area contributed by atoms with E-state index in [4.69, 9.17) is 5.11 Å². The van der Waals surface area contributed by atoms with E-state index < -0.39 is 5.97 Å². The number of carbonyl (C=O) groups is 3. The van der Waals surface area contributed by atoms with Crippen LogP contribution in [0.1, 0.15) is 42.8 Å². The van der Waals surface area contributed by atoms with Crippen molar-refractivity contribution in [3.05, 3.63) is 29.1 Å². The largest absolute Gasteiger partial charge is 0.477 e. The van der Waals surface area contributed by atoms with Gasteiger partial charge in [0, 0.05) is 36.3 Å². The zero-order valence-electron chi connectivity index (χ0n) is 14.4. The van der Waals surface area contributed by atoms with Crippen molar-refractivity contribution < 1.29 is 19.5 Å². The Morgan fingerprint density at radius 1 is 1.12 bits per heavy atom. The van der Waals surface area contributed by atoms with Gasteiger partial charge in [-0.3, -0.25) is 9.59 Å². The smallest absolute Gasteiger partial charge is 0.345 e. The number of fused-ring (bicyclic) bond motifs is 1. The minimum absolute atomic E-state index is 0.0682. The maximum atomic E-state index is 12.0. The molecule has 2 rings (SSSR count). The highest BCUT2D eigenvalue weighted by atomic mass is 32.1. The topological polar surface area (TPSA) is 86.7 Å². The standard InChI is InChI=1S/C18H22N2O4S/c1-3-20(4-2)17(22)7-5-6-16(21)19-13-8-9-14-12(10-13)11-15(25-14)18(23)24/h8-11H,3-7H2,1-2H3,(H,19,21)(H,23,24). The minimum Gasteiger partial charge on any atom is -0.477 e. The summed E-state index contributed by atoms with van der Waals surface area (Å²) in [6.07, 6.45) is 1.14. The first-order valence-electron chi connectivity index (χ1n) is 8.29. The van der Waals surface area contributed by atoms with E-state index in [0.717, 1.165) is 10.1 Å². The third kappa shape index (κ3) is 5.03. The number of thiophene rings is 1. The molecule has 0 spiro atoms. The molecule has 0 aliphatic rings. The molecule has 0 saturated heterocycles. The molecular formula is C18H22N2O4S. The van der Waals surface area contributed by atoms with Gasteiger partial charge in [0.25, 0.3) is 0 Å². The molecule has 6 nitrogen and oxygen atoms in total. The Kier molecular flexibility index (Phi) is 6.52. The van der Waals surface area contributed by atoms with Crippen molar-refractivity contribution >= 4 is 44.9 Å². The number of rotatable bonds is 8. The molecule has 2 amide bonds. The highest BCUT2D eigenvalue weighted by Gasteiger charge is 2.12. The lowest BCUT2D eigenvalue weighted by Gasteiger charge is -2.18. The predicted molar refractivity (Wildman–Crippen MR) is 99.2 cm³/mol. The first-order chi connectivity index (χ1) is 11.9. The third-order valence-corrected chi connectivity index (χ3v) is 5.03. The lowest BCUT2D eigenvalue weighted by molar-refractivity contribution is -0.131. The van der Waals surface area contributed by atoms with Gasteiger partial charge in [-0.2, -0.15) is 0 Å². The summed E-state index contributed by atoms with van der Waals surface area (Å²) in [5, 5.41) is 12.6. The molecule has 7 heteroatoms. The van der Waals surface area contributed by atoms with E-state index in [2.05, 4.69) is 5.32 Å². The summed E-state index contributed by atoms with van der Waals surface area (Å²) in [5.41, 5.74) is 0.627. The molecule has 1 heterocycles. The van der Waals surface area contributed by atoms with Gasteiger partial charge in [-0.25, -0.2) is 4.79 Å². The Balaban J connectivity index is 1.89. The Hall–Kier alpha value is -2.41. The molecule has 0 saturated carbocycles. The van der Waals surface area contributed by atoms with Crippen molar-refractivity contribution in [1.82, 2.24) is 4.90 Å². The van der Waals surface area contributed by atoms with Gasteiger partial charge in [0.1, 0.15) is 4.88 Å². The van der Waals surface area contributed by atoms with Crippen LogP contribution in [0.4, 0.5) is 5.69 Å². The molecular weight excluding hydrogens is 340 g/mol. The van der Waals surface area contributed by atoms with Crippen LogP contribution in [-0.4, -0.2) is 40.9 Å². The summed E-state index contributed by atoms with van der Waals surface area (Å²) < 4.78 is 0.861. The molecule has 2 aromatic rings. The van der Waals surface area contributed by atoms with E-state index in [1.807, 2.05) is 13.8 Å². The van der Waals surface area contributed by atoms with Gasteiger partial charge in [0.05, 0.1) is 0 Å². The summed E-state index contributed by atoms with van der Waals surface area (Å²) in [6, 6.07) is 6.91. The first kappa shape index (κ1) is 18.9. The van der Waals surface area contributed by atoms with Crippen molar-refractivity contribution in [1.29, 1.82) is 0 Å². The lowest BCUT2D eigenvalue weighted by Crippen LogP contribution is -2.30. The molecule has 0 bridgehead atoms. The zero-order chi connectivity index (χ0) is 18.4. The van der Waals surface area contributed by atoms with E-state index in [9.17, 15) is 14.4 Å². The normalized spacial score (nSPS) is 10.6. The van der Waals surface area contributed by atoms with Crippen molar-refractivity contribution in [3.63, 3.8) is 0 Å². The average Bonchev–Trinajstić information content (AvgIpc) is 2.99. The van der Waals surface area contributed by atoms with E-state index in [0.29, 0.717) is 31.6 Å². The summed E-state index contributed by atoms with van der Waals surface area (Å²) in [5.74, 6) is -1.04. The number of aromatic carboxylic acids is 1. The first-order valence-corrected chi connectivity index (χ1v) is 9.10. The molecule has 0 radical (unpaired) electrons. The van der Waals surface area contributed by atoms with Gasteiger partial charge in [-0.1, -0.05) is 0 Å². The van der Waals surface area contributed by atoms with Gasteiger partial charge in [-0.05, 0) is 49.9 Å². The quantitative estimate of drug-likeness (QED) is 0.751. The van der Waals surface area contributed by atoms with Crippen molar-refractivity contribution in [2.45, 2.75) is 33.1 Å². The van der Waals surface area contributed by atoms with Crippen molar-refractivity contribution in [2.75, 3.05) is 18.4 Å². The Morgan fingerprint density at radius 3 is 2.48 bits per heavy atom. The van der Waals surface area contributed by atoms with Gasteiger partial charge in [0.15, 0.2) is 0 Å². The number of amides is 2. The number of carboxylic acid groups (broad SMARTS) is 1. The second kappa shape index (κ2) is 8.62. The number of nitrogens with zero attached hydrogens (tertiary/aromatic N) is 1. The van der Waals surface area contributed by atoms with Crippen LogP contribution in [0.15, 0.2) is 24.3 Å². The number of carboxylic acids is 1. The Labute approximate surface area is 150 Å². The summed E-state index contributed by atoms with van der Waals surface area (Å²) in [6.45, 7) is 5.23. The van der Waals surface area contributed by atoms with Crippen LogP contribution >= 0.6 is 11.3 Å². The maximum Gasteiger partial charge on any atom is 0.345 e. The van der Waals surface area contributed by atoms with Crippen molar-refractivity contribution in [2.24, 2.45) is 0 Å². The molecule has 2 N–H and O–H groups in total. The predicted octanol–water partition coefficient (Wildman–Crippen LogP) is 3.58. The van der Waals surface area contributed by atoms with Gasteiger partial charge >= 0.3 is 5.97 Å². The average molecular weight is 362 g/mol. The van der Waals surface area contributed by atoms with E-state index in [-0.39, 0.29) is 23.1 Å².